The predicted octanol–water partition coefficient (Wildman–Crippen LogP) is 2.32. The molecule has 0 radical (unpaired) electrons. The number of likely N-dealkylation sites (tertiary alicyclic amines) is 1. The number of nitrogens with two attached hydrogens (primary N) is 2. The predicted molar refractivity (Wildman–Crippen MR) is 125 cm³/mol. The van der Waals surface area contributed by atoms with Crippen molar-refractivity contribution < 1.29 is 19.1 Å². The largest absolute Gasteiger partial charge is 0.480 e. The lowest BCUT2D eigenvalue weighted by Crippen LogP contribution is -2.46. The molecule has 172 valence electrons. The van der Waals surface area contributed by atoms with Crippen molar-refractivity contribution in [1.29, 1.82) is 0 Å². The summed E-state index contributed by atoms with van der Waals surface area (Å²) >= 11 is 1.40. The van der Waals surface area contributed by atoms with E-state index in [1.165, 1.54) is 30.7 Å². The Morgan fingerprint density at radius 3 is 2.76 bits per heavy atom. The summed E-state index contributed by atoms with van der Waals surface area (Å²) in [6.07, 6.45) is 2.98. The Kier molecular flexibility index (Phi) is 6.14. The number of benzene rings is 1. The monoisotopic (exact) mass is 468 g/mol. The van der Waals surface area contributed by atoms with Gasteiger partial charge in [0.15, 0.2) is 5.13 Å². The normalized spacial score (nSPS) is 18.2. The Balaban J connectivity index is 1.62. The Bertz CT molecular complexity index is 1240. The van der Waals surface area contributed by atoms with Crippen molar-refractivity contribution in [3.63, 3.8) is 0 Å². The van der Waals surface area contributed by atoms with E-state index in [1.807, 2.05) is 25.1 Å². The van der Waals surface area contributed by atoms with Gasteiger partial charge in [0.2, 0.25) is 5.88 Å². The molecule has 2 aromatic heterocycles. The molecule has 0 saturated carbocycles. The molecule has 3 heterocycles. The quantitative estimate of drug-likeness (QED) is 0.497. The number of ether oxygens (including phenoxy) is 1. The molecule has 1 aliphatic rings. The van der Waals surface area contributed by atoms with E-state index in [0.717, 1.165) is 22.2 Å². The Morgan fingerprint density at radius 1 is 1.24 bits per heavy atom. The zero-order valence-electron chi connectivity index (χ0n) is 18.2. The second-order valence-electron chi connectivity index (χ2n) is 8.00. The molecule has 0 aliphatic carbocycles. The van der Waals surface area contributed by atoms with Crippen LogP contribution in [-0.2, 0) is 9.59 Å². The number of nitrogen functional groups attached to an aromatic ring is 1. The van der Waals surface area contributed by atoms with Crippen LogP contribution in [0.25, 0.3) is 10.2 Å². The van der Waals surface area contributed by atoms with Crippen LogP contribution >= 0.6 is 11.3 Å². The van der Waals surface area contributed by atoms with Crippen LogP contribution in [0, 0.1) is 5.92 Å². The van der Waals surface area contributed by atoms with E-state index in [1.54, 1.807) is 4.90 Å². The van der Waals surface area contributed by atoms with Gasteiger partial charge >= 0.3 is 11.8 Å². The molecule has 1 fully saturated rings. The van der Waals surface area contributed by atoms with E-state index < -0.39 is 17.7 Å². The summed E-state index contributed by atoms with van der Waals surface area (Å²) in [7, 11) is 1.33. The van der Waals surface area contributed by atoms with E-state index >= 15 is 0 Å². The Labute approximate surface area is 193 Å². The van der Waals surface area contributed by atoms with Crippen molar-refractivity contribution >= 4 is 50.1 Å². The van der Waals surface area contributed by atoms with Gasteiger partial charge in [-0.25, -0.2) is 9.97 Å². The van der Waals surface area contributed by atoms with E-state index in [4.69, 9.17) is 16.2 Å². The number of thiazole rings is 1. The van der Waals surface area contributed by atoms with E-state index in [2.05, 4.69) is 15.3 Å². The van der Waals surface area contributed by atoms with Gasteiger partial charge in [-0.1, -0.05) is 24.3 Å². The molecule has 1 aliphatic heterocycles. The third-order valence-electron chi connectivity index (χ3n) is 5.69. The van der Waals surface area contributed by atoms with Gasteiger partial charge in [-0.3, -0.25) is 14.4 Å². The van der Waals surface area contributed by atoms with Gasteiger partial charge in [0.25, 0.3) is 5.91 Å². The van der Waals surface area contributed by atoms with Crippen molar-refractivity contribution in [2.75, 3.05) is 24.7 Å². The second kappa shape index (κ2) is 9.02. The standard InChI is InChI=1S/C22H24N6O4S/c1-11-3-5-15(12-4-6-16-14(9-12)27-22(24)33-16)28(10-11)21(31)19(30)26-13-7-8-25-20(32-2)17(13)18(23)29/h4,6-9,11,15H,3,5,10H2,1-2H3,(H2,23,29)(H2,24,27)(H,25,26,30)/t11-,15+/m0/s1. The van der Waals surface area contributed by atoms with Gasteiger partial charge in [-0.2, -0.15) is 0 Å². The highest BCUT2D eigenvalue weighted by molar-refractivity contribution is 7.22. The summed E-state index contributed by atoms with van der Waals surface area (Å²) in [5.74, 6) is -2.20. The van der Waals surface area contributed by atoms with Gasteiger partial charge in [0, 0.05) is 12.7 Å². The van der Waals surface area contributed by atoms with E-state index in [0.29, 0.717) is 18.1 Å². The molecule has 5 N–H and O–H groups in total. The summed E-state index contributed by atoms with van der Waals surface area (Å²) in [6, 6.07) is 6.90. The number of piperidine rings is 1. The third kappa shape index (κ3) is 4.44. The number of hydrogen-bond donors (Lipinski definition) is 3. The minimum Gasteiger partial charge on any atom is -0.480 e. The lowest BCUT2D eigenvalue weighted by atomic mass is 9.89. The number of carbonyl (C=O) groups is 3. The van der Waals surface area contributed by atoms with Crippen LogP contribution in [0.4, 0.5) is 10.8 Å². The van der Waals surface area contributed by atoms with Crippen molar-refractivity contribution in [1.82, 2.24) is 14.9 Å². The topological polar surface area (TPSA) is 154 Å². The zero-order chi connectivity index (χ0) is 23.7. The molecule has 2 atom stereocenters. The summed E-state index contributed by atoms with van der Waals surface area (Å²) < 4.78 is 6.02. The summed E-state index contributed by atoms with van der Waals surface area (Å²) in [4.78, 5) is 47.9. The molecule has 1 saturated heterocycles. The highest BCUT2D eigenvalue weighted by Crippen LogP contribution is 2.36. The fourth-order valence-electron chi connectivity index (χ4n) is 4.14. The summed E-state index contributed by atoms with van der Waals surface area (Å²) in [5.41, 5.74) is 12.9. The van der Waals surface area contributed by atoms with Crippen LogP contribution in [0.1, 0.15) is 41.7 Å². The third-order valence-corrected chi connectivity index (χ3v) is 6.56. The van der Waals surface area contributed by atoms with Crippen LogP contribution in [0.5, 0.6) is 5.88 Å². The Hall–Kier alpha value is -3.73. The minimum absolute atomic E-state index is 0.0342. The molecule has 0 unspecified atom stereocenters. The van der Waals surface area contributed by atoms with Crippen LogP contribution < -0.4 is 21.5 Å². The Morgan fingerprint density at radius 2 is 2.03 bits per heavy atom. The molecule has 10 nitrogen and oxygen atoms in total. The number of nitrogens with one attached hydrogen (secondary N) is 1. The number of hydrogen-bond acceptors (Lipinski definition) is 8. The molecule has 33 heavy (non-hydrogen) atoms. The van der Waals surface area contributed by atoms with Crippen molar-refractivity contribution in [3.05, 3.63) is 41.6 Å². The number of primary amides is 1. The maximum absolute atomic E-state index is 13.3. The van der Waals surface area contributed by atoms with Crippen LogP contribution in [0.2, 0.25) is 0 Å². The fraction of sp³-hybridized carbons (Fsp3) is 0.318. The van der Waals surface area contributed by atoms with Crippen molar-refractivity contribution in [3.8, 4) is 5.88 Å². The average molecular weight is 469 g/mol. The molecule has 1 aromatic carbocycles. The number of pyridine rings is 1. The number of rotatable bonds is 4. The molecule has 11 heteroatoms. The van der Waals surface area contributed by atoms with Gasteiger partial charge in [-0.15, -0.1) is 0 Å². The SMILES string of the molecule is COc1nccc(NC(=O)C(=O)N2C[C@@H](C)CC[C@@H]2c2ccc3sc(N)nc3c2)c1C(N)=O. The van der Waals surface area contributed by atoms with Gasteiger partial charge in [-0.05, 0) is 42.5 Å². The van der Waals surface area contributed by atoms with Crippen LogP contribution in [0.3, 0.4) is 0 Å². The molecule has 4 rings (SSSR count). The number of carbonyl (C=O) groups excluding carboxylic acids is 3. The molecule has 3 aromatic rings. The maximum Gasteiger partial charge on any atom is 0.313 e. The summed E-state index contributed by atoms with van der Waals surface area (Å²) in [5, 5.41) is 2.98. The summed E-state index contributed by atoms with van der Waals surface area (Å²) in [6.45, 7) is 2.47. The second-order valence-corrected chi connectivity index (χ2v) is 9.06. The number of aromatic nitrogens is 2. The zero-order valence-corrected chi connectivity index (χ0v) is 19.0. The first-order valence-electron chi connectivity index (χ1n) is 10.4. The number of methoxy groups -OCH3 is 1. The number of anilines is 2. The lowest BCUT2D eigenvalue weighted by Gasteiger charge is -2.38. The van der Waals surface area contributed by atoms with Gasteiger partial charge in [0.05, 0.1) is 29.1 Å². The van der Waals surface area contributed by atoms with Gasteiger partial charge < -0.3 is 26.4 Å². The van der Waals surface area contributed by atoms with E-state index in [-0.39, 0.29) is 29.1 Å². The smallest absolute Gasteiger partial charge is 0.313 e. The molecule has 0 bridgehead atoms. The highest BCUT2D eigenvalue weighted by atomic mass is 32.1. The van der Waals surface area contributed by atoms with Crippen LogP contribution in [0.15, 0.2) is 30.5 Å². The molecule has 3 amide bonds. The fourth-order valence-corrected chi connectivity index (χ4v) is 4.85. The molecular weight excluding hydrogens is 444 g/mol. The molecular formula is C22H24N6O4S. The minimum atomic E-state index is -0.871. The number of fused-ring (bicyclic) bond motifs is 1. The highest BCUT2D eigenvalue weighted by Gasteiger charge is 2.35. The van der Waals surface area contributed by atoms with Gasteiger partial charge in [0.1, 0.15) is 5.56 Å². The first kappa shape index (κ1) is 22.5. The lowest BCUT2D eigenvalue weighted by molar-refractivity contribution is -0.146. The van der Waals surface area contributed by atoms with Crippen molar-refractivity contribution in [2.45, 2.75) is 25.8 Å². The maximum atomic E-state index is 13.3. The average Bonchev–Trinajstić information content (AvgIpc) is 3.17. The number of amides is 3. The first-order chi connectivity index (χ1) is 15.8. The molecule has 0 spiro atoms. The van der Waals surface area contributed by atoms with Crippen molar-refractivity contribution in [2.24, 2.45) is 11.7 Å². The van der Waals surface area contributed by atoms with E-state index in [9.17, 15) is 14.4 Å². The number of nitrogens with zero attached hydrogens (tertiary/aromatic N) is 3. The van der Waals surface area contributed by atoms with Crippen LogP contribution in [-0.4, -0.2) is 46.2 Å². The first-order valence-corrected chi connectivity index (χ1v) is 11.2.